The maximum atomic E-state index is 13.3. The molecule has 0 bridgehead atoms. The Morgan fingerprint density at radius 2 is 1.79 bits per heavy atom. The molecule has 0 fully saturated rings. The number of anilines is 1. The van der Waals surface area contributed by atoms with E-state index in [1.165, 1.54) is 9.87 Å². The van der Waals surface area contributed by atoms with E-state index in [0.717, 1.165) is 29.0 Å². The number of fused-ring (bicyclic) bond motifs is 3. The lowest BCUT2D eigenvalue weighted by Crippen LogP contribution is -2.30. The van der Waals surface area contributed by atoms with E-state index in [9.17, 15) is 8.42 Å². The summed E-state index contributed by atoms with van der Waals surface area (Å²) in [7, 11) is -0.298. The van der Waals surface area contributed by atoms with Crippen molar-refractivity contribution in [2.24, 2.45) is 5.92 Å². The molecule has 3 atom stereocenters. The Morgan fingerprint density at radius 3 is 2.52 bits per heavy atom. The molecule has 0 aromatic heterocycles. The summed E-state index contributed by atoms with van der Waals surface area (Å²) in [6.45, 7) is 0.337. The molecule has 170 valence electrons. The van der Waals surface area contributed by atoms with E-state index in [1.807, 2.05) is 54.6 Å². The standard InChI is InChI=1S/C27H28N2O3S/c1-29(18-19-7-4-3-5-8-19)33(30,31)22-15-16-26-25(17-22)23-9-6-10-24(23)27(28-26)20-11-13-21(32-2)14-12-20/h3-9,11-17,23-24,27-28H,10,18H2,1-2H3. The molecule has 0 saturated heterocycles. The van der Waals surface area contributed by atoms with E-state index < -0.39 is 10.0 Å². The second-order valence-electron chi connectivity index (χ2n) is 8.74. The number of methoxy groups -OCH3 is 1. The fraction of sp³-hybridized carbons (Fsp3) is 0.259. The van der Waals surface area contributed by atoms with Gasteiger partial charge in [-0.25, -0.2) is 8.42 Å². The van der Waals surface area contributed by atoms with Gasteiger partial charge in [-0.05, 0) is 59.4 Å². The van der Waals surface area contributed by atoms with Gasteiger partial charge < -0.3 is 10.1 Å². The van der Waals surface area contributed by atoms with Crippen LogP contribution >= 0.6 is 0 Å². The SMILES string of the molecule is COc1ccc(C2Nc3ccc(S(=O)(=O)N(C)Cc4ccccc4)cc3C3C=CCC32)cc1. The Kier molecular flexibility index (Phi) is 5.72. The molecule has 0 saturated carbocycles. The number of hydrogen-bond acceptors (Lipinski definition) is 4. The second kappa shape index (κ2) is 8.69. The molecule has 6 heteroatoms. The lowest BCUT2D eigenvalue weighted by atomic mass is 9.77. The van der Waals surface area contributed by atoms with Crippen molar-refractivity contribution in [2.45, 2.75) is 29.8 Å². The molecule has 1 aliphatic heterocycles. The van der Waals surface area contributed by atoms with Gasteiger partial charge in [0.2, 0.25) is 10.0 Å². The summed E-state index contributed by atoms with van der Waals surface area (Å²) in [5, 5.41) is 3.68. The summed E-state index contributed by atoms with van der Waals surface area (Å²) >= 11 is 0. The van der Waals surface area contributed by atoms with Crippen LogP contribution in [0.5, 0.6) is 5.75 Å². The highest BCUT2D eigenvalue weighted by molar-refractivity contribution is 7.89. The molecule has 0 spiro atoms. The first-order valence-electron chi connectivity index (χ1n) is 11.2. The second-order valence-corrected chi connectivity index (χ2v) is 10.8. The van der Waals surface area contributed by atoms with Gasteiger partial charge in [0.15, 0.2) is 0 Å². The Morgan fingerprint density at radius 1 is 1.03 bits per heavy atom. The number of nitrogens with one attached hydrogen (secondary N) is 1. The Balaban J connectivity index is 1.45. The van der Waals surface area contributed by atoms with Crippen LogP contribution in [0.1, 0.15) is 35.1 Å². The highest BCUT2D eigenvalue weighted by Gasteiger charge is 2.38. The van der Waals surface area contributed by atoms with E-state index in [0.29, 0.717) is 17.4 Å². The maximum absolute atomic E-state index is 13.3. The summed E-state index contributed by atoms with van der Waals surface area (Å²) < 4.78 is 33.4. The lowest BCUT2D eigenvalue weighted by Gasteiger charge is -2.38. The summed E-state index contributed by atoms with van der Waals surface area (Å²) in [4.78, 5) is 0.337. The van der Waals surface area contributed by atoms with E-state index in [2.05, 4.69) is 29.6 Å². The van der Waals surface area contributed by atoms with Gasteiger partial charge in [0.05, 0.1) is 18.0 Å². The predicted molar refractivity (Wildman–Crippen MR) is 131 cm³/mol. The van der Waals surface area contributed by atoms with Crippen molar-refractivity contribution >= 4 is 15.7 Å². The summed E-state index contributed by atoms with van der Waals surface area (Å²) in [5.74, 6) is 1.36. The number of allylic oxidation sites excluding steroid dienone is 2. The van der Waals surface area contributed by atoms with Crippen LogP contribution in [0.25, 0.3) is 0 Å². The van der Waals surface area contributed by atoms with Crippen LogP contribution in [0.3, 0.4) is 0 Å². The minimum atomic E-state index is -3.61. The van der Waals surface area contributed by atoms with E-state index in [1.54, 1.807) is 20.2 Å². The number of nitrogens with zero attached hydrogens (tertiary/aromatic N) is 1. The third-order valence-corrected chi connectivity index (χ3v) is 8.56. The average molecular weight is 461 g/mol. The topological polar surface area (TPSA) is 58.6 Å². The van der Waals surface area contributed by atoms with Crippen molar-refractivity contribution < 1.29 is 13.2 Å². The molecule has 5 nitrogen and oxygen atoms in total. The molecule has 3 aromatic carbocycles. The Bertz CT molecular complexity index is 1270. The number of sulfonamides is 1. The van der Waals surface area contributed by atoms with Crippen LogP contribution in [-0.2, 0) is 16.6 Å². The molecule has 0 radical (unpaired) electrons. The predicted octanol–water partition coefficient (Wildman–Crippen LogP) is 5.34. The zero-order chi connectivity index (χ0) is 23.0. The van der Waals surface area contributed by atoms with Gasteiger partial charge in [-0.3, -0.25) is 0 Å². The van der Waals surface area contributed by atoms with E-state index in [4.69, 9.17) is 4.74 Å². The summed E-state index contributed by atoms with van der Waals surface area (Å²) in [6.07, 6.45) is 5.40. The van der Waals surface area contributed by atoms with Crippen LogP contribution in [0, 0.1) is 5.92 Å². The molecule has 1 N–H and O–H groups in total. The molecule has 3 aromatic rings. The van der Waals surface area contributed by atoms with Gasteiger partial charge in [0.1, 0.15) is 5.75 Å². The lowest BCUT2D eigenvalue weighted by molar-refractivity contribution is 0.411. The van der Waals surface area contributed by atoms with Gasteiger partial charge in [-0.2, -0.15) is 4.31 Å². The fourth-order valence-corrected chi connectivity index (χ4v) is 6.17. The molecule has 1 aliphatic carbocycles. The zero-order valence-corrected chi connectivity index (χ0v) is 19.6. The molecule has 0 amide bonds. The van der Waals surface area contributed by atoms with Crippen molar-refractivity contribution in [3.05, 3.63) is 102 Å². The highest BCUT2D eigenvalue weighted by Crippen LogP contribution is 2.50. The largest absolute Gasteiger partial charge is 0.497 e. The molecule has 1 heterocycles. The number of hydrogen-bond donors (Lipinski definition) is 1. The summed E-state index contributed by atoms with van der Waals surface area (Å²) in [6, 6.07) is 23.5. The third kappa shape index (κ3) is 4.05. The fourth-order valence-electron chi connectivity index (χ4n) is 4.98. The number of benzene rings is 3. The van der Waals surface area contributed by atoms with Gasteiger partial charge in [0, 0.05) is 25.2 Å². The van der Waals surface area contributed by atoms with Crippen LogP contribution in [-0.4, -0.2) is 26.9 Å². The van der Waals surface area contributed by atoms with Crippen molar-refractivity contribution in [3.63, 3.8) is 0 Å². The number of rotatable bonds is 6. The van der Waals surface area contributed by atoms with Gasteiger partial charge >= 0.3 is 0 Å². The van der Waals surface area contributed by atoms with Crippen LogP contribution < -0.4 is 10.1 Å². The highest BCUT2D eigenvalue weighted by atomic mass is 32.2. The van der Waals surface area contributed by atoms with Crippen LogP contribution in [0.2, 0.25) is 0 Å². The molecule has 3 unspecified atom stereocenters. The van der Waals surface area contributed by atoms with Crippen LogP contribution in [0.15, 0.2) is 89.8 Å². The van der Waals surface area contributed by atoms with Gasteiger partial charge in [-0.15, -0.1) is 0 Å². The average Bonchev–Trinajstić information content (AvgIpc) is 3.34. The van der Waals surface area contributed by atoms with Gasteiger partial charge in [-0.1, -0.05) is 54.6 Å². The smallest absolute Gasteiger partial charge is 0.243 e. The van der Waals surface area contributed by atoms with Crippen LogP contribution in [0.4, 0.5) is 5.69 Å². The number of ether oxygens (including phenoxy) is 1. The monoisotopic (exact) mass is 460 g/mol. The summed E-state index contributed by atoms with van der Waals surface area (Å²) in [5.41, 5.74) is 4.21. The quantitative estimate of drug-likeness (QED) is 0.504. The molecular weight excluding hydrogens is 432 g/mol. The normalized spacial score (nSPS) is 21.4. The van der Waals surface area contributed by atoms with Crippen molar-refractivity contribution in [3.8, 4) is 5.75 Å². The van der Waals surface area contributed by atoms with E-state index in [-0.39, 0.29) is 12.0 Å². The minimum Gasteiger partial charge on any atom is -0.497 e. The molecule has 33 heavy (non-hydrogen) atoms. The first-order chi connectivity index (χ1) is 16.0. The van der Waals surface area contributed by atoms with Gasteiger partial charge in [0.25, 0.3) is 0 Å². The Hall–Kier alpha value is -3.09. The first kappa shape index (κ1) is 21.7. The maximum Gasteiger partial charge on any atom is 0.243 e. The van der Waals surface area contributed by atoms with Crippen molar-refractivity contribution in [1.29, 1.82) is 0 Å². The van der Waals surface area contributed by atoms with E-state index >= 15 is 0 Å². The first-order valence-corrected chi connectivity index (χ1v) is 12.6. The minimum absolute atomic E-state index is 0.159. The molecule has 5 rings (SSSR count). The van der Waals surface area contributed by atoms with Crippen molar-refractivity contribution in [2.75, 3.05) is 19.5 Å². The zero-order valence-electron chi connectivity index (χ0n) is 18.8. The molecule has 2 aliphatic rings. The molecular formula is C27H28N2O3S. The Labute approximate surface area is 195 Å². The van der Waals surface area contributed by atoms with Crippen molar-refractivity contribution in [1.82, 2.24) is 4.31 Å². The third-order valence-electron chi connectivity index (χ3n) is 6.77.